The summed E-state index contributed by atoms with van der Waals surface area (Å²) in [6.07, 6.45) is 11.7. The molecule has 0 saturated heterocycles. The van der Waals surface area contributed by atoms with E-state index in [-0.39, 0.29) is 0 Å². The maximum Gasteiger partial charge on any atom is 0.163 e. The van der Waals surface area contributed by atoms with Crippen molar-refractivity contribution in [3.63, 3.8) is 0 Å². The van der Waals surface area contributed by atoms with Crippen molar-refractivity contribution in [2.24, 2.45) is 11.8 Å². The molecular weight excluding hydrogens is 248 g/mol. The topological polar surface area (TPSA) is 34.1 Å². The molecule has 3 heteroatoms. The Kier molecular flexibility index (Phi) is 4.13. The molecule has 0 aromatic carbocycles. The summed E-state index contributed by atoms with van der Waals surface area (Å²) in [5, 5.41) is 3.71. The second kappa shape index (κ2) is 6.02. The van der Waals surface area contributed by atoms with Crippen LogP contribution in [0.15, 0.2) is 12.3 Å². The maximum absolute atomic E-state index is 5.50. The monoisotopic (exact) mass is 274 g/mol. The van der Waals surface area contributed by atoms with Crippen LogP contribution in [0, 0.1) is 18.8 Å². The molecule has 1 heterocycles. The summed E-state index contributed by atoms with van der Waals surface area (Å²) in [4.78, 5) is 4.30. The standard InChI is InChI=1S/C17H26N2O/c1-12-17(20-2)16(9-10-18-12)19-15-8-7-13-5-3-4-6-14(13)11-15/h9-10,13-15H,3-8,11H2,1-2H3,(H,18,19)/t13-,14+,15?/m0/s1. The zero-order chi connectivity index (χ0) is 13.9. The number of aromatic nitrogens is 1. The Morgan fingerprint density at radius 2 is 1.95 bits per heavy atom. The van der Waals surface area contributed by atoms with E-state index in [1.807, 2.05) is 19.2 Å². The highest BCUT2D eigenvalue weighted by Crippen LogP contribution is 2.41. The first-order valence-corrected chi connectivity index (χ1v) is 8.04. The quantitative estimate of drug-likeness (QED) is 0.898. The third kappa shape index (κ3) is 2.77. The molecule has 110 valence electrons. The Bertz CT molecular complexity index is 460. The molecule has 0 spiro atoms. The second-order valence-corrected chi connectivity index (χ2v) is 6.44. The van der Waals surface area contributed by atoms with Gasteiger partial charge >= 0.3 is 0 Å². The molecule has 0 aliphatic heterocycles. The molecule has 3 rings (SSSR count). The fraction of sp³-hybridized carbons (Fsp3) is 0.706. The average Bonchev–Trinajstić information content (AvgIpc) is 2.47. The van der Waals surface area contributed by atoms with Crippen molar-refractivity contribution in [2.75, 3.05) is 12.4 Å². The normalized spacial score (nSPS) is 29.6. The predicted octanol–water partition coefficient (Wildman–Crippen LogP) is 4.17. The number of anilines is 1. The predicted molar refractivity (Wildman–Crippen MR) is 82.2 cm³/mol. The van der Waals surface area contributed by atoms with Gasteiger partial charge in [-0.1, -0.05) is 25.7 Å². The Labute approximate surface area is 122 Å². The summed E-state index contributed by atoms with van der Waals surface area (Å²) >= 11 is 0. The lowest BCUT2D eigenvalue weighted by atomic mass is 9.69. The first-order valence-electron chi connectivity index (χ1n) is 8.04. The Morgan fingerprint density at radius 1 is 1.15 bits per heavy atom. The van der Waals surface area contributed by atoms with Crippen molar-refractivity contribution in [1.82, 2.24) is 4.98 Å². The summed E-state index contributed by atoms with van der Waals surface area (Å²) in [7, 11) is 1.73. The lowest BCUT2D eigenvalue weighted by Crippen LogP contribution is -2.34. The van der Waals surface area contributed by atoms with Gasteiger partial charge in [-0.25, -0.2) is 0 Å². The van der Waals surface area contributed by atoms with Crippen LogP contribution in [0.4, 0.5) is 5.69 Å². The summed E-state index contributed by atoms with van der Waals surface area (Å²) in [6.45, 7) is 2.00. The van der Waals surface area contributed by atoms with Gasteiger partial charge in [-0.05, 0) is 44.1 Å². The van der Waals surface area contributed by atoms with E-state index in [4.69, 9.17) is 4.74 Å². The number of fused-ring (bicyclic) bond motifs is 1. The van der Waals surface area contributed by atoms with Crippen LogP contribution in [-0.2, 0) is 0 Å². The summed E-state index contributed by atoms with van der Waals surface area (Å²) in [5.41, 5.74) is 2.07. The molecule has 20 heavy (non-hydrogen) atoms. The maximum atomic E-state index is 5.50. The van der Waals surface area contributed by atoms with E-state index >= 15 is 0 Å². The van der Waals surface area contributed by atoms with Gasteiger partial charge in [0.25, 0.3) is 0 Å². The van der Waals surface area contributed by atoms with Crippen LogP contribution >= 0.6 is 0 Å². The first kappa shape index (κ1) is 13.7. The first-order chi connectivity index (χ1) is 9.78. The van der Waals surface area contributed by atoms with Crippen LogP contribution in [0.3, 0.4) is 0 Å². The van der Waals surface area contributed by atoms with Gasteiger partial charge in [-0.15, -0.1) is 0 Å². The van der Waals surface area contributed by atoms with E-state index in [2.05, 4.69) is 10.3 Å². The van der Waals surface area contributed by atoms with Crippen LogP contribution in [0.1, 0.15) is 50.6 Å². The minimum Gasteiger partial charge on any atom is -0.493 e. The zero-order valence-corrected chi connectivity index (χ0v) is 12.7. The zero-order valence-electron chi connectivity index (χ0n) is 12.7. The number of pyridine rings is 1. The van der Waals surface area contributed by atoms with Gasteiger partial charge in [-0.2, -0.15) is 0 Å². The molecule has 0 radical (unpaired) electrons. The second-order valence-electron chi connectivity index (χ2n) is 6.44. The van der Waals surface area contributed by atoms with E-state index in [0.717, 1.165) is 29.0 Å². The molecule has 0 amide bonds. The number of methoxy groups -OCH3 is 1. The summed E-state index contributed by atoms with van der Waals surface area (Å²) in [5.74, 6) is 2.85. The highest BCUT2D eigenvalue weighted by molar-refractivity contribution is 5.58. The van der Waals surface area contributed by atoms with Gasteiger partial charge < -0.3 is 10.1 Å². The van der Waals surface area contributed by atoms with E-state index in [1.54, 1.807) is 7.11 Å². The fourth-order valence-electron chi connectivity index (χ4n) is 4.15. The third-order valence-corrected chi connectivity index (χ3v) is 5.19. The highest BCUT2D eigenvalue weighted by Gasteiger charge is 2.32. The number of rotatable bonds is 3. The summed E-state index contributed by atoms with van der Waals surface area (Å²) in [6, 6.07) is 2.64. The van der Waals surface area contributed by atoms with Crippen molar-refractivity contribution in [3.05, 3.63) is 18.0 Å². The van der Waals surface area contributed by atoms with E-state index in [0.29, 0.717) is 6.04 Å². The minimum absolute atomic E-state index is 0.602. The van der Waals surface area contributed by atoms with Crippen molar-refractivity contribution < 1.29 is 4.74 Å². The minimum atomic E-state index is 0.602. The molecule has 2 fully saturated rings. The molecule has 1 aromatic rings. The van der Waals surface area contributed by atoms with Gasteiger partial charge in [-0.3, -0.25) is 4.98 Å². The molecule has 3 nitrogen and oxygen atoms in total. The molecule has 2 aliphatic carbocycles. The van der Waals surface area contributed by atoms with Gasteiger partial charge in [0.1, 0.15) is 0 Å². The number of hydrogen-bond donors (Lipinski definition) is 1. The Balaban J connectivity index is 1.68. The lowest BCUT2D eigenvalue weighted by Gasteiger charge is -2.40. The van der Waals surface area contributed by atoms with E-state index < -0.39 is 0 Å². The molecule has 1 unspecified atom stereocenters. The smallest absolute Gasteiger partial charge is 0.163 e. The number of hydrogen-bond acceptors (Lipinski definition) is 3. The SMILES string of the molecule is COc1c(NC2CC[C@@H]3CCCC[C@@H]3C2)ccnc1C. The number of nitrogens with one attached hydrogen (secondary N) is 1. The molecular formula is C17H26N2O. The highest BCUT2D eigenvalue weighted by atomic mass is 16.5. The Morgan fingerprint density at radius 3 is 2.75 bits per heavy atom. The van der Waals surface area contributed by atoms with Crippen LogP contribution in [-0.4, -0.2) is 18.1 Å². The van der Waals surface area contributed by atoms with Gasteiger partial charge in [0.15, 0.2) is 5.75 Å². The van der Waals surface area contributed by atoms with Crippen molar-refractivity contribution >= 4 is 5.69 Å². The van der Waals surface area contributed by atoms with E-state index in [1.165, 1.54) is 44.9 Å². The van der Waals surface area contributed by atoms with Gasteiger partial charge in [0, 0.05) is 12.2 Å². The number of aryl methyl sites for hydroxylation is 1. The third-order valence-electron chi connectivity index (χ3n) is 5.19. The molecule has 3 atom stereocenters. The number of ether oxygens (including phenoxy) is 1. The molecule has 1 N–H and O–H groups in total. The van der Waals surface area contributed by atoms with Crippen molar-refractivity contribution in [3.8, 4) is 5.75 Å². The largest absolute Gasteiger partial charge is 0.493 e. The molecule has 2 saturated carbocycles. The summed E-state index contributed by atoms with van der Waals surface area (Å²) < 4.78 is 5.50. The molecule has 2 aliphatic rings. The fourth-order valence-corrected chi connectivity index (χ4v) is 4.15. The van der Waals surface area contributed by atoms with Crippen LogP contribution in [0.5, 0.6) is 5.75 Å². The van der Waals surface area contributed by atoms with Crippen molar-refractivity contribution in [2.45, 2.75) is 57.9 Å². The Hall–Kier alpha value is -1.25. The van der Waals surface area contributed by atoms with Crippen LogP contribution in [0.25, 0.3) is 0 Å². The van der Waals surface area contributed by atoms with Crippen LogP contribution < -0.4 is 10.1 Å². The van der Waals surface area contributed by atoms with Gasteiger partial charge in [0.2, 0.25) is 0 Å². The van der Waals surface area contributed by atoms with E-state index in [9.17, 15) is 0 Å². The number of nitrogens with zero attached hydrogens (tertiary/aromatic N) is 1. The lowest BCUT2D eigenvalue weighted by molar-refractivity contribution is 0.162. The van der Waals surface area contributed by atoms with Crippen LogP contribution in [0.2, 0.25) is 0 Å². The average molecular weight is 274 g/mol. The molecule has 0 bridgehead atoms. The van der Waals surface area contributed by atoms with Gasteiger partial charge in [0.05, 0.1) is 18.5 Å². The molecule has 1 aromatic heterocycles. The van der Waals surface area contributed by atoms with Crippen molar-refractivity contribution in [1.29, 1.82) is 0 Å².